The van der Waals surface area contributed by atoms with Crippen LogP contribution in [0.4, 0.5) is 0 Å². The topological polar surface area (TPSA) is 115 Å². The average Bonchev–Trinajstić information content (AvgIpc) is 3.18. The molecule has 8 heteroatoms. The van der Waals surface area contributed by atoms with Gasteiger partial charge in [-0.15, -0.1) is 0 Å². The lowest BCUT2D eigenvalue weighted by atomic mass is 9.81. The predicted molar refractivity (Wildman–Crippen MR) is 113 cm³/mol. The molecule has 0 amide bonds. The van der Waals surface area contributed by atoms with Gasteiger partial charge in [-0.3, -0.25) is 9.59 Å². The van der Waals surface area contributed by atoms with Crippen molar-refractivity contribution in [3.63, 3.8) is 0 Å². The molecule has 4 unspecified atom stereocenters. The number of hydrogen-bond donors (Lipinski definition) is 6. The Morgan fingerprint density at radius 3 is 1.81 bits per heavy atom. The van der Waals surface area contributed by atoms with Crippen molar-refractivity contribution < 1.29 is 30.0 Å². The third kappa shape index (κ3) is 11.0. The summed E-state index contributed by atoms with van der Waals surface area (Å²) in [5.41, 5.74) is 1.07. The first kappa shape index (κ1) is 26.3. The van der Waals surface area contributed by atoms with Gasteiger partial charge in [-0.25, -0.2) is 0 Å². The van der Waals surface area contributed by atoms with Crippen LogP contribution in [-0.4, -0.2) is 56.1 Å². The quantitative estimate of drug-likeness (QED) is 0.265. The Morgan fingerprint density at radius 2 is 1.59 bits per heavy atom. The molecule has 2 bridgehead atoms. The van der Waals surface area contributed by atoms with E-state index in [4.69, 9.17) is 15.3 Å². The predicted octanol–water partition coefficient (Wildman–Crippen LogP) is 3.04. The van der Waals surface area contributed by atoms with Crippen LogP contribution in [0.3, 0.4) is 0 Å². The van der Waals surface area contributed by atoms with Gasteiger partial charge in [0, 0.05) is 18.3 Å². The number of aliphatic hydroxyl groups is 2. The first-order valence-electron chi connectivity index (χ1n) is 9.29. The molecular formula is C19H34O6S2. The van der Waals surface area contributed by atoms with Gasteiger partial charge in [0.15, 0.2) is 0 Å². The molecule has 2 aliphatic rings. The molecule has 0 saturated heterocycles. The van der Waals surface area contributed by atoms with Crippen LogP contribution in [0, 0.1) is 11.3 Å². The number of allylic oxidation sites excluding steroid dienone is 1. The lowest BCUT2D eigenvalue weighted by Crippen LogP contribution is -2.24. The second-order valence-electron chi connectivity index (χ2n) is 7.35. The zero-order valence-corrected chi connectivity index (χ0v) is 18.0. The Morgan fingerprint density at radius 1 is 1.11 bits per heavy atom. The first-order chi connectivity index (χ1) is 12.6. The highest BCUT2D eigenvalue weighted by molar-refractivity contribution is 7.81. The highest BCUT2D eigenvalue weighted by Crippen LogP contribution is 2.53. The normalized spacial score (nSPS) is 24.7. The summed E-state index contributed by atoms with van der Waals surface area (Å²) in [6.45, 7) is 4.12. The largest absolute Gasteiger partial charge is 0.481 e. The Balaban J connectivity index is 0.000000387. The fraction of sp³-hybridized carbons (Fsp3) is 0.789. The van der Waals surface area contributed by atoms with Crippen LogP contribution in [0.15, 0.2) is 11.6 Å². The van der Waals surface area contributed by atoms with Gasteiger partial charge in [-0.2, -0.15) is 25.3 Å². The lowest BCUT2D eigenvalue weighted by Gasteiger charge is -2.26. The number of aliphatic carboxylic acids is 2. The van der Waals surface area contributed by atoms with Crippen molar-refractivity contribution in [3.05, 3.63) is 11.6 Å². The summed E-state index contributed by atoms with van der Waals surface area (Å²) in [4.78, 5) is 19.7. The van der Waals surface area contributed by atoms with Gasteiger partial charge in [0.25, 0.3) is 0 Å². The number of carboxylic acids is 2. The van der Waals surface area contributed by atoms with Gasteiger partial charge in [0.2, 0.25) is 0 Å². The maximum absolute atomic E-state index is 9.87. The molecule has 1 saturated carbocycles. The zero-order chi connectivity index (χ0) is 21.0. The molecule has 27 heavy (non-hydrogen) atoms. The monoisotopic (exact) mass is 422 g/mol. The number of carboxylic acid groups (broad SMARTS) is 2. The lowest BCUT2D eigenvalue weighted by molar-refractivity contribution is -0.138. The molecule has 2 rings (SSSR count). The van der Waals surface area contributed by atoms with Gasteiger partial charge in [-0.05, 0) is 54.1 Å². The molecule has 0 aliphatic heterocycles. The second kappa shape index (κ2) is 13.5. The third-order valence-electron chi connectivity index (χ3n) is 4.79. The summed E-state index contributed by atoms with van der Waals surface area (Å²) in [5.74, 6) is -0.846. The molecule has 1 fully saturated rings. The fourth-order valence-electron chi connectivity index (χ4n) is 3.19. The van der Waals surface area contributed by atoms with Crippen molar-refractivity contribution in [3.8, 4) is 0 Å². The van der Waals surface area contributed by atoms with Crippen LogP contribution in [0.1, 0.15) is 58.8 Å². The highest BCUT2D eigenvalue weighted by Gasteiger charge is 2.45. The minimum Gasteiger partial charge on any atom is -0.481 e. The SMILES string of the molecule is CC(S)CCC(=O)O.CC(S)CCC(=O)O.OCC1=CC2CCC1(CO)C2. The minimum absolute atomic E-state index is 0.0145. The van der Waals surface area contributed by atoms with Gasteiger partial charge in [-0.1, -0.05) is 19.9 Å². The number of carbonyl (C=O) groups is 2. The maximum atomic E-state index is 9.87. The summed E-state index contributed by atoms with van der Waals surface area (Å²) in [6, 6.07) is 0. The molecule has 2 aliphatic carbocycles. The second-order valence-corrected chi connectivity index (χ2v) is 9.12. The summed E-state index contributed by atoms with van der Waals surface area (Å²) in [5, 5.41) is 34.9. The fourth-order valence-corrected chi connectivity index (χ4v) is 3.45. The maximum Gasteiger partial charge on any atom is 0.303 e. The molecule has 0 aromatic heterocycles. The highest BCUT2D eigenvalue weighted by atomic mass is 32.1. The standard InChI is InChI=1S/C9H14O2.2C5H10O2S/c10-5-8-3-7-1-2-9(8,4-7)6-11;2*1-4(8)2-3-5(6)7/h3,7,10-11H,1-2,4-6H2;2*4,8H,2-3H2,1H3,(H,6,7). The number of rotatable bonds is 8. The molecule has 0 aromatic rings. The zero-order valence-electron chi connectivity index (χ0n) is 16.2. The van der Waals surface area contributed by atoms with Crippen molar-refractivity contribution in [1.82, 2.24) is 0 Å². The van der Waals surface area contributed by atoms with E-state index in [1.807, 2.05) is 13.8 Å². The molecule has 0 spiro atoms. The molecule has 6 nitrogen and oxygen atoms in total. The Labute approximate surface area is 172 Å². The smallest absolute Gasteiger partial charge is 0.303 e. The molecule has 4 atom stereocenters. The van der Waals surface area contributed by atoms with Crippen molar-refractivity contribution in [2.75, 3.05) is 13.2 Å². The number of hydrogen-bond acceptors (Lipinski definition) is 6. The number of thiol groups is 2. The summed E-state index contributed by atoms with van der Waals surface area (Å²) in [7, 11) is 0. The van der Waals surface area contributed by atoms with Gasteiger partial charge in [0.1, 0.15) is 0 Å². The van der Waals surface area contributed by atoms with Crippen LogP contribution in [0.2, 0.25) is 0 Å². The van der Waals surface area contributed by atoms with Crippen LogP contribution >= 0.6 is 25.3 Å². The summed E-state index contributed by atoms with van der Waals surface area (Å²) >= 11 is 8.02. The van der Waals surface area contributed by atoms with E-state index in [0.717, 1.165) is 18.4 Å². The van der Waals surface area contributed by atoms with E-state index >= 15 is 0 Å². The Kier molecular flexibility index (Phi) is 13.1. The van der Waals surface area contributed by atoms with Crippen molar-refractivity contribution in [1.29, 1.82) is 0 Å². The van der Waals surface area contributed by atoms with E-state index in [1.165, 1.54) is 6.42 Å². The summed E-state index contributed by atoms with van der Waals surface area (Å²) in [6.07, 6.45) is 7.25. The van der Waals surface area contributed by atoms with Gasteiger partial charge in [0.05, 0.1) is 13.2 Å². The van der Waals surface area contributed by atoms with E-state index in [9.17, 15) is 14.7 Å². The van der Waals surface area contributed by atoms with E-state index in [-0.39, 0.29) is 42.0 Å². The summed E-state index contributed by atoms with van der Waals surface area (Å²) < 4.78 is 0. The van der Waals surface area contributed by atoms with Crippen LogP contribution in [-0.2, 0) is 9.59 Å². The Bertz CT molecular complexity index is 471. The van der Waals surface area contributed by atoms with E-state index < -0.39 is 11.9 Å². The molecule has 158 valence electrons. The van der Waals surface area contributed by atoms with E-state index in [0.29, 0.717) is 18.8 Å². The van der Waals surface area contributed by atoms with Crippen molar-refractivity contribution in [2.45, 2.75) is 69.3 Å². The van der Waals surface area contributed by atoms with Crippen LogP contribution < -0.4 is 0 Å². The van der Waals surface area contributed by atoms with Gasteiger partial charge < -0.3 is 20.4 Å². The van der Waals surface area contributed by atoms with E-state index in [2.05, 4.69) is 31.3 Å². The first-order valence-corrected chi connectivity index (χ1v) is 10.3. The number of fused-ring (bicyclic) bond motifs is 2. The van der Waals surface area contributed by atoms with Gasteiger partial charge >= 0.3 is 11.9 Å². The third-order valence-corrected chi connectivity index (χ3v) is 5.31. The molecule has 0 heterocycles. The Hall–Kier alpha value is -0.700. The molecular weight excluding hydrogens is 388 g/mol. The van der Waals surface area contributed by atoms with E-state index in [1.54, 1.807) is 0 Å². The van der Waals surface area contributed by atoms with Crippen LogP contribution in [0.5, 0.6) is 0 Å². The van der Waals surface area contributed by atoms with Crippen LogP contribution in [0.25, 0.3) is 0 Å². The minimum atomic E-state index is -0.745. The molecule has 0 radical (unpaired) electrons. The van der Waals surface area contributed by atoms with Crippen molar-refractivity contribution in [2.24, 2.45) is 11.3 Å². The average molecular weight is 423 g/mol. The number of aliphatic hydroxyl groups excluding tert-OH is 2. The molecule has 0 aromatic carbocycles. The van der Waals surface area contributed by atoms with Crippen molar-refractivity contribution >= 4 is 37.2 Å². The molecule has 4 N–H and O–H groups in total.